The van der Waals surface area contributed by atoms with Crippen LogP contribution in [0.5, 0.6) is 0 Å². The minimum atomic E-state index is -0.576. The van der Waals surface area contributed by atoms with Crippen molar-refractivity contribution in [1.29, 1.82) is 0 Å². The number of aromatic nitrogens is 3. The number of rotatable bonds is 4. The summed E-state index contributed by atoms with van der Waals surface area (Å²) >= 11 is 0. The second-order valence-corrected chi connectivity index (χ2v) is 8.45. The first-order valence-corrected chi connectivity index (χ1v) is 9.52. The molecule has 3 atom stereocenters. The number of carbonyl (C=O) groups excluding carboxylic acids is 2. The number of imidazole rings is 1. The molecule has 1 N–H and O–H groups in total. The summed E-state index contributed by atoms with van der Waals surface area (Å²) in [6, 6.07) is 3.35. The van der Waals surface area contributed by atoms with Crippen LogP contribution in [0.3, 0.4) is 0 Å². The first kappa shape index (κ1) is 18.5. The van der Waals surface area contributed by atoms with Crippen molar-refractivity contribution in [2.75, 3.05) is 6.54 Å². The van der Waals surface area contributed by atoms with E-state index in [4.69, 9.17) is 4.74 Å². The Morgan fingerprint density at radius 1 is 1.32 bits per heavy atom. The second kappa shape index (κ2) is 6.92. The number of ether oxygens (including phenoxy) is 1. The summed E-state index contributed by atoms with van der Waals surface area (Å²) in [4.78, 5) is 35.2. The van der Waals surface area contributed by atoms with Crippen LogP contribution in [0, 0.1) is 11.8 Å². The number of pyridine rings is 1. The van der Waals surface area contributed by atoms with Gasteiger partial charge in [-0.2, -0.15) is 0 Å². The molecule has 1 aliphatic carbocycles. The van der Waals surface area contributed by atoms with E-state index in [2.05, 4.69) is 15.3 Å². The Labute approximate surface area is 163 Å². The maximum Gasteiger partial charge on any atom is 0.410 e. The van der Waals surface area contributed by atoms with Crippen molar-refractivity contribution in [2.24, 2.45) is 11.8 Å². The first-order chi connectivity index (χ1) is 13.3. The third kappa shape index (κ3) is 3.85. The van der Waals surface area contributed by atoms with Crippen molar-refractivity contribution in [3.63, 3.8) is 0 Å². The Bertz CT molecular complexity index is 857. The summed E-state index contributed by atoms with van der Waals surface area (Å²) in [5, 5.41) is 2.95. The summed E-state index contributed by atoms with van der Waals surface area (Å²) in [5.74, 6) is 1.29. The molecule has 28 heavy (non-hydrogen) atoms. The van der Waals surface area contributed by atoms with Gasteiger partial charge in [0.25, 0.3) is 0 Å². The number of amides is 2. The molecule has 0 bridgehead atoms. The molecule has 8 nitrogen and oxygen atoms in total. The van der Waals surface area contributed by atoms with Gasteiger partial charge >= 0.3 is 6.09 Å². The molecule has 148 valence electrons. The van der Waals surface area contributed by atoms with Crippen LogP contribution in [-0.4, -0.2) is 49.6 Å². The van der Waals surface area contributed by atoms with Crippen molar-refractivity contribution in [2.45, 2.75) is 45.4 Å². The Morgan fingerprint density at radius 3 is 2.79 bits per heavy atom. The lowest BCUT2D eigenvalue weighted by Crippen LogP contribution is -2.49. The highest BCUT2D eigenvalue weighted by Crippen LogP contribution is 2.49. The fourth-order valence-corrected chi connectivity index (χ4v) is 3.67. The Kier molecular flexibility index (Phi) is 4.56. The normalized spacial score (nSPS) is 23.2. The van der Waals surface area contributed by atoms with Crippen molar-refractivity contribution in [3.05, 3.63) is 42.6 Å². The number of fused-ring (bicyclic) bond motifs is 1. The van der Waals surface area contributed by atoms with Crippen LogP contribution >= 0.6 is 0 Å². The average molecular weight is 383 g/mol. The Balaban J connectivity index is 1.37. The smallest absolute Gasteiger partial charge is 0.410 e. The number of carbonyl (C=O) groups is 2. The van der Waals surface area contributed by atoms with Gasteiger partial charge in [-0.3, -0.25) is 14.3 Å². The number of hydrogen-bond acceptors (Lipinski definition) is 5. The summed E-state index contributed by atoms with van der Waals surface area (Å²) in [6.07, 6.45) is 7.52. The molecular weight excluding hydrogens is 358 g/mol. The molecule has 2 aromatic rings. The third-order valence-electron chi connectivity index (χ3n) is 5.09. The van der Waals surface area contributed by atoms with Gasteiger partial charge in [-0.25, -0.2) is 14.8 Å². The van der Waals surface area contributed by atoms with E-state index < -0.39 is 17.7 Å². The maximum absolute atomic E-state index is 12.8. The van der Waals surface area contributed by atoms with Crippen LogP contribution in [0.2, 0.25) is 0 Å². The van der Waals surface area contributed by atoms with Gasteiger partial charge in [0.15, 0.2) is 0 Å². The van der Waals surface area contributed by atoms with Crippen molar-refractivity contribution < 1.29 is 14.3 Å². The van der Waals surface area contributed by atoms with Crippen molar-refractivity contribution >= 4 is 12.0 Å². The fraction of sp³-hybridized carbons (Fsp3) is 0.500. The number of likely N-dealkylation sites (tertiary alicyclic amines) is 1. The average Bonchev–Trinajstić information content (AvgIpc) is 3.07. The van der Waals surface area contributed by atoms with Crippen LogP contribution in [0.4, 0.5) is 4.79 Å². The van der Waals surface area contributed by atoms with Crippen LogP contribution in [0.1, 0.15) is 32.8 Å². The molecule has 2 amide bonds. The minimum Gasteiger partial charge on any atom is -0.444 e. The number of nitrogens with zero attached hydrogens (tertiary/aromatic N) is 4. The molecule has 0 radical (unpaired) electrons. The van der Waals surface area contributed by atoms with Crippen LogP contribution in [0.15, 0.2) is 37.1 Å². The largest absolute Gasteiger partial charge is 0.444 e. The van der Waals surface area contributed by atoms with Gasteiger partial charge < -0.3 is 10.1 Å². The molecule has 4 rings (SSSR count). The van der Waals surface area contributed by atoms with Gasteiger partial charge in [0.05, 0.1) is 0 Å². The number of piperidine rings is 1. The van der Waals surface area contributed by atoms with E-state index in [1.807, 2.05) is 43.7 Å². The monoisotopic (exact) mass is 383 g/mol. The minimum absolute atomic E-state index is 0.130. The summed E-state index contributed by atoms with van der Waals surface area (Å²) in [5.41, 5.74) is 0.319. The van der Waals surface area contributed by atoms with Gasteiger partial charge in [0, 0.05) is 31.7 Å². The highest BCUT2D eigenvalue weighted by Gasteiger charge is 2.57. The maximum atomic E-state index is 12.8. The molecule has 0 spiro atoms. The lowest BCUT2D eigenvalue weighted by atomic mass is 10.1. The van der Waals surface area contributed by atoms with Gasteiger partial charge in [-0.15, -0.1) is 0 Å². The van der Waals surface area contributed by atoms with E-state index in [0.717, 1.165) is 17.8 Å². The summed E-state index contributed by atoms with van der Waals surface area (Å²) in [7, 11) is 0. The molecule has 2 aromatic heterocycles. The highest BCUT2D eigenvalue weighted by molar-refractivity contribution is 5.87. The van der Waals surface area contributed by atoms with Gasteiger partial charge in [0.1, 0.15) is 23.8 Å². The predicted molar refractivity (Wildman–Crippen MR) is 102 cm³/mol. The number of nitrogens with one attached hydrogen (secondary N) is 1. The molecule has 0 unspecified atom stereocenters. The van der Waals surface area contributed by atoms with E-state index in [9.17, 15) is 9.59 Å². The van der Waals surface area contributed by atoms with Gasteiger partial charge in [-0.05, 0) is 50.7 Å². The van der Waals surface area contributed by atoms with E-state index in [0.29, 0.717) is 19.0 Å². The Hall–Kier alpha value is -2.90. The third-order valence-corrected chi connectivity index (χ3v) is 5.09. The molecular formula is C20H25N5O3. The summed E-state index contributed by atoms with van der Waals surface area (Å²) in [6.45, 7) is 6.45. The first-order valence-electron chi connectivity index (χ1n) is 9.52. The SMILES string of the molecule is CC(C)(C)OC(=O)N1C[C@@H]2C[C@@H]2[C@@H]1C(=O)NCc1ccc(-n2ccnc2)nc1. The molecule has 0 aromatic carbocycles. The molecule has 8 heteroatoms. The summed E-state index contributed by atoms with van der Waals surface area (Å²) < 4.78 is 7.28. The quantitative estimate of drug-likeness (QED) is 0.874. The van der Waals surface area contributed by atoms with E-state index in [-0.39, 0.29) is 11.8 Å². The zero-order valence-corrected chi connectivity index (χ0v) is 16.3. The fourth-order valence-electron chi connectivity index (χ4n) is 3.67. The molecule has 1 saturated carbocycles. The van der Waals surface area contributed by atoms with Gasteiger partial charge in [0.2, 0.25) is 5.91 Å². The van der Waals surface area contributed by atoms with Gasteiger partial charge in [-0.1, -0.05) is 6.07 Å². The molecule has 2 fully saturated rings. The molecule has 3 heterocycles. The second-order valence-electron chi connectivity index (χ2n) is 8.45. The predicted octanol–water partition coefficient (Wildman–Crippen LogP) is 2.14. The lowest BCUT2D eigenvalue weighted by Gasteiger charge is -2.29. The van der Waals surface area contributed by atoms with E-state index >= 15 is 0 Å². The molecule has 1 saturated heterocycles. The van der Waals surface area contributed by atoms with Crippen LogP contribution in [-0.2, 0) is 16.1 Å². The molecule has 1 aliphatic heterocycles. The van der Waals surface area contributed by atoms with E-state index in [1.165, 1.54) is 0 Å². The van der Waals surface area contributed by atoms with Crippen molar-refractivity contribution in [3.8, 4) is 5.82 Å². The zero-order chi connectivity index (χ0) is 19.9. The zero-order valence-electron chi connectivity index (χ0n) is 16.3. The number of hydrogen-bond donors (Lipinski definition) is 1. The van der Waals surface area contributed by atoms with Crippen LogP contribution in [0.25, 0.3) is 5.82 Å². The van der Waals surface area contributed by atoms with Crippen LogP contribution < -0.4 is 5.32 Å². The lowest BCUT2D eigenvalue weighted by molar-refractivity contribution is -0.126. The van der Waals surface area contributed by atoms with E-state index in [1.54, 1.807) is 23.6 Å². The topological polar surface area (TPSA) is 89.4 Å². The standard InChI is InChI=1S/C20H25N5O3/c1-20(2,3)28-19(27)25-11-14-8-15(14)17(25)18(26)23-10-13-4-5-16(22-9-13)24-7-6-21-12-24/h4-7,9,12,14-15,17H,8,10-11H2,1-3H3,(H,23,26)/t14-,15-,17+/m0/s1. The molecule has 2 aliphatic rings. The van der Waals surface area contributed by atoms with Crippen molar-refractivity contribution in [1.82, 2.24) is 24.8 Å². The highest BCUT2D eigenvalue weighted by atomic mass is 16.6. The Morgan fingerprint density at radius 2 is 2.14 bits per heavy atom.